The first-order valence-corrected chi connectivity index (χ1v) is 8.98. The molecule has 0 spiro atoms. The summed E-state index contributed by atoms with van der Waals surface area (Å²) in [5.74, 6) is 0.618. The first-order valence-electron chi connectivity index (χ1n) is 8.57. The molecule has 1 fully saturated rings. The van der Waals surface area contributed by atoms with Gasteiger partial charge in [-0.1, -0.05) is 30.3 Å². The molecule has 1 aromatic heterocycles. The van der Waals surface area contributed by atoms with Crippen LogP contribution in [0.4, 0.5) is 0 Å². The minimum absolute atomic E-state index is 0.618. The minimum atomic E-state index is 0.618. The Labute approximate surface area is 154 Å². The van der Waals surface area contributed by atoms with E-state index in [1.807, 2.05) is 13.8 Å². The Bertz CT molecular complexity index is 751. The zero-order chi connectivity index (χ0) is 17.6. The van der Waals surface area contributed by atoms with Crippen LogP contribution < -0.4 is 5.43 Å². The maximum absolute atomic E-state index is 5.50. The Morgan fingerprint density at radius 1 is 1.16 bits per heavy atom. The lowest BCUT2D eigenvalue weighted by Gasteiger charge is -2.33. The zero-order valence-corrected chi connectivity index (χ0v) is 15.5. The van der Waals surface area contributed by atoms with Crippen molar-refractivity contribution < 1.29 is 0 Å². The van der Waals surface area contributed by atoms with Crippen molar-refractivity contribution in [1.29, 1.82) is 0 Å². The average Bonchev–Trinajstić information content (AvgIpc) is 2.67. The molecule has 130 valence electrons. The Kier molecular flexibility index (Phi) is 5.71. The van der Waals surface area contributed by atoms with Crippen LogP contribution in [0.3, 0.4) is 0 Å². The van der Waals surface area contributed by atoms with Crippen molar-refractivity contribution in [3.63, 3.8) is 0 Å². The van der Waals surface area contributed by atoms with E-state index in [4.69, 9.17) is 12.2 Å². The molecule has 2 aromatic rings. The number of rotatable bonds is 3. The lowest BCUT2D eigenvalue weighted by Crippen LogP contribution is -2.42. The fourth-order valence-electron chi connectivity index (χ4n) is 3.16. The van der Waals surface area contributed by atoms with E-state index >= 15 is 0 Å². The van der Waals surface area contributed by atoms with E-state index < -0.39 is 0 Å². The van der Waals surface area contributed by atoms with Crippen LogP contribution in [0.15, 0.2) is 47.8 Å². The molecule has 6 heteroatoms. The Morgan fingerprint density at radius 3 is 2.52 bits per heavy atom. The van der Waals surface area contributed by atoms with Crippen LogP contribution in [0.1, 0.15) is 42.6 Å². The first-order chi connectivity index (χ1) is 12.1. The molecule has 1 aromatic carbocycles. The predicted molar refractivity (Wildman–Crippen MR) is 105 cm³/mol. The monoisotopic (exact) mass is 353 g/mol. The van der Waals surface area contributed by atoms with Crippen molar-refractivity contribution >= 4 is 23.0 Å². The number of aryl methyl sites for hydroxylation is 1. The molecule has 1 N–H and O–H groups in total. The molecule has 0 aliphatic carbocycles. The predicted octanol–water partition coefficient (Wildman–Crippen LogP) is 3.26. The number of benzene rings is 1. The Hall–Kier alpha value is -2.34. The number of thiocarbonyl (C=S) groups is 1. The van der Waals surface area contributed by atoms with Gasteiger partial charge >= 0.3 is 0 Å². The Balaban J connectivity index is 1.55. The highest BCUT2D eigenvalue weighted by atomic mass is 32.1. The fourth-order valence-corrected chi connectivity index (χ4v) is 3.39. The maximum Gasteiger partial charge on any atom is 0.189 e. The van der Waals surface area contributed by atoms with Crippen LogP contribution in [0.25, 0.3) is 0 Å². The summed E-state index contributed by atoms with van der Waals surface area (Å²) in [5, 5.41) is 5.06. The van der Waals surface area contributed by atoms with E-state index in [9.17, 15) is 0 Å². The number of nitrogens with one attached hydrogen (secondary N) is 1. The summed E-state index contributed by atoms with van der Waals surface area (Å²) in [5.41, 5.74) is 6.87. The normalized spacial score (nSPS) is 15.9. The van der Waals surface area contributed by atoms with Gasteiger partial charge in [-0.3, -0.25) is 15.4 Å². The Morgan fingerprint density at radius 2 is 1.84 bits per heavy atom. The van der Waals surface area contributed by atoms with Gasteiger partial charge in [-0.25, -0.2) is 0 Å². The van der Waals surface area contributed by atoms with Crippen molar-refractivity contribution in [3.8, 4) is 0 Å². The third-order valence-electron chi connectivity index (χ3n) is 4.60. The largest absolute Gasteiger partial charge is 0.348 e. The second-order valence-corrected chi connectivity index (χ2v) is 6.66. The number of piperidine rings is 1. The molecular formula is C19H23N5S. The van der Waals surface area contributed by atoms with Crippen molar-refractivity contribution in [3.05, 3.63) is 59.7 Å². The van der Waals surface area contributed by atoms with E-state index in [0.717, 1.165) is 43.0 Å². The molecule has 0 unspecified atom stereocenters. The van der Waals surface area contributed by atoms with Crippen LogP contribution in [0, 0.1) is 6.92 Å². The number of aromatic nitrogens is 2. The SMILES string of the molecule is C/C(=N\NC(=S)N1CCC(c2ccccc2)CC1)c1nccnc1C. The molecule has 5 nitrogen and oxygen atoms in total. The summed E-state index contributed by atoms with van der Waals surface area (Å²) in [6.07, 6.45) is 5.57. The van der Waals surface area contributed by atoms with E-state index in [2.05, 4.69) is 55.7 Å². The number of hydrogen-bond donors (Lipinski definition) is 1. The highest BCUT2D eigenvalue weighted by Crippen LogP contribution is 2.27. The van der Waals surface area contributed by atoms with Gasteiger partial charge in [0, 0.05) is 25.5 Å². The molecule has 1 saturated heterocycles. The maximum atomic E-state index is 5.50. The smallest absolute Gasteiger partial charge is 0.189 e. The van der Waals surface area contributed by atoms with E-state index in [0.29, 0.717) is 11.0 Å². The molecule has 3 rings (SSSR count). The molecule has 2 heterocycles. The number of hydrazone groups is 1. The summed E-state index contributed by atoms with van der Waals surface area (Å²) in [7, 11) is 0. The number of likely N-dealkylation sites (tertiary alicyclic amines) is 1. The van der Waals surface area contributed by atoms with Gasteiger partial charge in [0.25, 0.3) is 0 Å². The van der Waals surface area contributed by atoms with Crippen molar-refractivity contribution in [2.75, 3.05) is 13.1 Å². The summed E-state index contributed by atoms with van der Waals surface area (Å²) in [6.45, 7) is 5.73. The second-order valence-electron chi connectivity index (χ2n) is 6.28. The lowest BCUT2D eigenvalue weighted by molar-refractivity contribution is 0.310. The van der Waals surface area contributed by atoms with Gasteiger partial charge in [-0.2, -0.15) is 5.10 Å². The lowest BCUT2D eigenvalue weighted by atomic mass is 9.90. The van der Waals surface area contributed by atoms with Crippen LogP contribution in [0.5, 0.6) is 0 Å². The van der Waals surface area contributed by atoms with Crippen LogP contribution in [-0.4, -0.2) is 38.8 Å². The third-order valence-corrected chi connectivity index (χ3v) is 4.95. The highest BCUT2D eigenvalue weighted by molar-refractivity contribution is 7.80. The second kappa shape index (κ2) is 8.16. The van der Waals surface area contributed by atoms with Crippen molar-refractivity contribution in [1.82, 2.24) is 20.3 Å². The molecule has 0 atom stereocenters. The van der Waals surface area contributed by atoms with Gasteiger partial charge < -0.3 is 4.90 Å². The first kappa shape index (κ1) is 17.5. The summed E-state index contributed by atoms with van der Waals surface area (Å²) >= 11 is 5.50. The quantitative estimate of drug-likeness (QED) is 0.521. The van der Waals surface area contributed by atoms with Crippen LogP contribution in [0.2, 0.25) is 0 Å². The molecule has 1 aliphatic rings. The molecule has 0 amide bonds. The number of hydrogen-bond acceptors (Lipinski definition) is 4. The minimum Gasteiger partial charge on any atom is -0.348 e. The molecular weight excluding hydrogens is 330 g/mol. The van der Waals surface area contributed by atoms with Crippen molar-refractivity contribution in [2.45, 2.75) is 32.6 Å². The summed E-state index contributed by atoms with van der Waals surface area (Å²) < 4.78 is 0. The van der Waals surface area contributed by atoms with E-state index in [1.165, 1.54) is 5.56 Å². The van der Waals surface area contributed by atoms with Crippen LogP contribution in [-0.2, 0) is 0 Å². The average molecular weight is 353 g/mol. The standard InChI is InChI=1S/C19H23N5S/c1-14-18(21-11-10-20-14)15(2)22-23-19(25)24-12-8-17(9-13-24)16-6-4-3-5-7-16/h3-7,10-11,17H,8-9,12-13H2,1-2H3,(H,23,25)/b22-15+. The van der Waals surface area contributed by atoms with Gasteiger partial charge in [0.1, 0.15) is 5.69 Å². The fraction of sp³-hybridized carbons (Fsp3) is 0.368. The molecule has 0 radical (unpaired) electrons. The van der Waals surface area contributed by atoms with Crippen LogP contribution >= 0.6 is 12.2 Å². The molecule has 1 aliphatic heterocycles. The van der Waals surface area contributed by atoms with Gasteiger partial charge in [-0.05, 0) is 50.4 Å². The molecule has 0 saturated carbocycles. The topological polar surface area (TPSA) is 53.4 Å². The van der Waals surface area contributed by atoms with Crippen molar-refractivity contribution in [2.24, 2.45) is 5.10 Å². The zero-order valence-electron chi connectivity index (χ0n) is 14.6. The molecule has 0 bridgehead atoms. The summed E-state index contributed by atoms with van der Waals surface area (Å²) in [4.78, 5) is 10.8. The third kappa shape index (κ3) is 4.39. The highest BCUT2D eigenvalue weighted by Gasteiger charge is 2.21. The summed E-state index contributed by atoms with van der Waals surface area (Å²) in [6, 6.07) is 10.7. The van der Waals surface area contributed by atoms with E-state index in [-0.39, 0.29) is 0 Å². The van der Waals surface area contributed by atoms with Gasteiger partial charge in [0.05, 0.1) is 11.4 Å². The number of nitrogens with zero attached hydrogens (tertiary/aromatic N) is 4. The van der Waals surface area contributed by atoms with Gasteiger partial charge in [-0.15, -0.1) is 0 Å². The van der Waals surface area contributed by atoms with E-state index in [1.54, 1.807) is 12.4 Å². The van der Waals surface area contributed by atoms with Gasteiger partial charge in [0.15, 0.2) is 5.11 Å². The molecule has 25 heavy (non-hydrogen) atoms. The van der Waals surface area contributed by atoms with Gasteiger partial charge in [0.2, 0.25) is 0 Å².